The minimum Gasteiger partial charge on any atom is -0.489 e. The van der Waals surface area contributed by atoms with E-state index in [2.05, 4.69) is 9.97 Å². The molecule has 1 aromatic rings. The molecule has 17 heavy (non-hydrogen) atoms. The summed E-state index contributed by atoms with van der Waals surface area (Å²) in [5.41, 5.74) is 5.47. The first-order valence-electron chi connectivity index (χ1n) is 4.78. The first-order valence-corrected chi connectivity index (χ1v) is 4.78. The van der Waals surface area contributed by atoms with Gasteiger partial charge >= 0.3 is 6.18 Å². The zero-order chi connectivity index (χ0) is 12.9. The van der Waals surface area contributed by atoms with E-state index in [0.29, 0.717) is 0 Å². The highest BCUT2D eigenvalue weighted by atomic mass is 19.4. The molecule has 0 unspecified atom stereocenters. The Labute approximate surface area is 95.8 Å². The van der Waals surface area contributed by atoms with Gasteiger partial charge in [-0.25, -0.2) is 4.98 Å². The van der Waals surface area contributed by atoms with Crippen LogP contribution in [0.25, 0.3) is 0 Å². The summed E-state index contributed by atoms with van der Waals surface area (Å²) in [5, 5.41) is 0. The molecular weight excluding hydrogens is 239 g/mol. The Kier molecular flexibility index (Phi) is 4.36. The molecule has 0 fully saturated rings. The first-order chi connectivity index (χ1) is 7.94. The van der Waals surface area contributed by atoms with Gasteiger partial charge in [0.15, 0.2) is 5.82 Å². The third kappa shape index (κ3) is 4.33. The van der Waals surface area contributed by atoms with E-state index in [1.165, 1.54) is 7.11 Å². The maximum Gasteiger partial charge on any atom is 0.389 e. The molecule has 1 rings (SSSR count). The molecule has 0 aliphatic heterocycles. The molecule has 0 saturated heterocycles. The lowest BCUT2D eigenvalue weighted by Crippen LogP contribution is -2.10. The topological polar surface area (TPSA) is 70.3 Å². The molecule has 8 heteroatoms. The molecule has 0 aromatic carbocycles. The van der Waals surface area contributed by atoms with Gasteiger partial charge < -0.3 is 15.2 Å². The van der Waals surface area contributed by atoms with E-state index in [-0.39, 0.29) is 30.5 Å². The van der Waals surface area contributed by atoms with Crippen molar-refractivity contribution in [3.63, 3.8) is 0 Å². The maximum atomic E-state index is 11.9. The number of nitrogens with zero attached hydrogens (tertiary/aromatic N) is 2. The van der Waals surface area contributed by atoms with Gasteiger partial charge in [0.25, 0.3) is 5.88 Å². The minimum atomic E-state index is -4.18. The zero-order valence-corrected chi connectivity index (χ0v) is 9.12. The van der Waals surface area contributed by atoms with Crippen molar-refractivity contribution in [2.45, 2.75) is 19.0 Å². The van der Waals surface area contributed by atoms with Crippen molar-refractivity contribution < 1.29 is 22.6 Å². The van der Waals surface area contributed by atoms with E-state index < -0.39 is 12.6 Å². The third-order valence-corrected chi connectivity index (χ3v) is 1.85. The Morgan fingerprint density at radius 3 is 2.65 bits per heavy atom. The van der Waals surface area contributed by atoms with Crippen molar-refractivity contribution in [3.05, 3.63) is 6.33 Å². The molecule has 0 amide bonds. The van der Waals surface area contributed by atoms with Crippen LogP contribution < -0.4 is 15.2 Å². The second kappa shape index (κ2) is 5.55. The number of hydrogen-bond donors (Lipinski definition) is 1. The van der Waals surface area contributed by atoms with Crippen molar-refractivity contribution >= 4 is 5.82 Å². The fraction of sp³-hybridized carbons (Fsp3) is 0.556. The highest BCUT2D eigenvalue weighted by Crippen LogP contribution is 2.29. The van der Waals surface area contributed by atoms with E-state index >= 15 is 0 Å². The van der Waals surface area contributed by atoms with Crippen LogP contribution in [0.4, 0.5) is 19.0 Å². The standard InChI is InChI=1S/C9H12F3N3O2/c1-16-6-7(13)14-5-15-8(6)17-4-2-3-9(10,11)12/h5H,2-4H2,1H3,(H2,13,14,15). The molecule has 0 saturated carbocycles. The summed E-state index contributed by atoms with van der Waals surface area (Å²) in [6.07, 6.45) is -4.10. The fourth-order valence-corrected chi connectivity index (χ4v) is 1.11. The number of rotatable bonds is 5. The molecule has 0 aliphatic rings. The predicted molar refractivity (Wildman–Crippen MR) is 53.8 cm³/mol. The molecule has 1 aromatic heterocycles. The van der Waals surface area contributed by atoms with Gasteiger partial charge in [0.2, 0.25) is 5.75 Å². The number of nitrogen functional groups attached to an aromatic ring is 1. The van der Waals surface area contributed by atoms with Crippen LogP contribution in [0.2, 0.25) is 0 Å². The summed E-state index contributed by atoms with van der Waals surface area (Å²) in [5.74, 6) is 0.245. The summed E-state index contributed by atoms with van der Waals surface area (Å²) in [6, 6.07) is 0. The van der Waals surface area contributed by atoms with Crippen molar-refractivity contribution in [1.29, 1.82) is 0 Å². The summed E-state index contributed by atoms with van der Waals surface area (Å²) in [4.78, 5) is 7.38. The number of ether oxygens (including phenoxy) is 2. The van der Waals surface area contributed by atoms with Crippen molar-refractivity contribution in [1.82, 2.24) is 9.97 Å². The predicted octanol–water partition coefficient (Wildman–Crippen LogP) is 1.79. The van der Waals surface area contributed by atoms with Gasteiger partial charge in [-0.2, -0.15) is 18.2 Å². The molecule has 0 spiro atoms. The molecule has 5 nitrogen and oxygen atoms in total. The quantitative estimate of drug-likeness (QED) is 0.808. The lowest BCUT2D eigenvalue weighted by atomic mass is 10.3. The van der Waals surface area contributed by atoms with Gasteiger partial charge in [-0.05, 0) is 6.42 Å². The van der Waals surface area contributed by atoms with Crippen LogP contribution in [0.15, 0.2) is 6.33 Å². The first kappa shape index (κ1) is 13.3. The van der Waals surface area contributed by atoms with Crippen LogP contribution in [0.1, 0.15) is 12.8 Å². The van der Waals surface area contributed by atoms with Crippen LogP contribution in [0, 0.1) is 0 Å². The number of halogens is 3. The lowest BCUT2D eigenvalue weighted by Gasteiger charge is -2.10. The highest BCUT2D eigenvalue weighted by Gasteiger charge is 2.26. The van der Waals surface area contributed by atoms with E-state index in [1.807, 2.05) is 0 Å². The van der Waals surface area contributed by atoms with E-state index in [9.17, 15) is 13.2 Å². The van der Waals surface area contributed by atoms with Gasteiger partial charge in [-0.1, -0.05) is 0 Å². The lowest BCUT2D eigenvalue weighted by molar-refractivity contribution is -0.136. The smallest absolute Gasteiger partial charge is 0.389 e. The summed E-state index contributed by atoms with van der Waals surface area (Å²) in [6.45, 7) is -0.119. The molecule has 0 aliphatic carbocycles. The van der Waals surface area contributed by atoms with Crippen LogP contribution in [0.5, 0.6) is 11.6 Å². The molecule has 96 valence electrons. The Morgan fingerprint density at radius 1 is 1.35 bits per heavy atom. The molecule has 1 heterocycles. The van der Waals surface area contributed by atoms with Crippen LogP contribution in [-0.4, -0.2) is 29.9 Å². The Balaban J connectivity index is 2.49. The monoisotopic (exact) mass is 251 g/mol. The van der Waals surface area contributed by atoms with Gasteiger partial charge in [0.05, 0.1) is 13.7 Å². The molecular formula is C9H12F3N3O2. The van der Waals surface area contributed by atoms with Crippen molar-refractivity contribution in [2.24, 2.45) is 0 Å². The number of hydrogen-bond acceptors (Lipinski definition) is 5. The van der Waals surface area contributed by atoms with Crippen LogP contribution in [-0.2, 0) is 0 Å². The summed E-state index contributed by atoms with van der Waals surface area (Å²) < 4.78 is 45.5. The number of alkyl halides is 3. The van der Waals surface area contributed by atoms with Gasteiger partial charge in [-0.3, -0.25) is 0 Å². The van der Waals surface area contributed by atoms with E-state index in [0.717, 1.165) is 6.33 Å². The van der Waals surface area contributed by atoms with Crippen molar-refractivity contribution in [3.8, 4) is 11.6 Å². The number of aromatic nitrogens is 2. The van der Waals surface area contributed by atoms with Crippen LogP contribution >= 0.6 is 0 Å². The number of nitrogens with two attached hydrogens (primary N) is 1. The molecule has 0 atom stereocenters. The second-order valence-electron chi connectivity index (χ2n) is 3.16. The largest absolute Gasteiger partial charge is 0.489 e. The number of methoxy groups -OCH3 is 1. The van der Waals surface area contributed by atoms with Gasteiger partial charge in [0, 0.05) is 6.42 Å². The number of anilines is 1. The zero-order valence-electron chi connectivity index (χ0n) is 9.12. The maximum absolute atomic E-state index is 11.9. The van der Waals surface area contributed by atoms with Gasteiger partial charge in [0.1, 0.15) is 6.33 Å². The average Bonchev–Trinajstić information content (AvgIpc) is 2.23. The SMILES string of the molecule is COc1c(N)ncnc1OCCCC(F)(F)F. The third-order valence-electron chi connectivity index (χ3n) is 1.85. The summed E-state index contributed by atoms with van der Waals surface area (Å²) in [7, 11) is 1.34. The fourth-order valence-electron chi connectivity index (χ4n) is 1.11. The normalized spacial score (nSPS) is 11.3. The Bertz CT molecular complexity index is 371. The average molecular weight is 251 g/mol. The Morgan fingerprint density at radius 2 is 2.06 bits per heavy atom. The second-order valence-corrected chi connectivity index (χ2v) is 3.16. The molecule has 2 N–H and O–H groups in total. The van der Waals surface area contributed by atoms with Gasteiger partial charge in [-0.15, -0.1) is 0 Å². The molecule has 0 bridgehead atoms. The highest BCUT2D eigenvalue weighted by molar-refractivity contribution is 5.51. The van der Waals surface area contributed by atoms with E-state index in [4.69, 9.17) is 15.2 Å². The van der Waals surface area contributed by atoms with E-state index in [1.54, 1.807) is 0 Å². The van der Waals surface area contributed by atoms with Crippen LogP contribution in [0.3, 0.4) is 0 Å². The Hall–Kier alpha value is -1.73. The van der Waals surface area contributed by atoms with Crippen molar-refractivity contribution in [2.75, 3.05) is 19.5 Å². The molecule has 0 radical (unpaired) electrons. The summed E-state index contributed by atoms with van der Waals surface area (Å²) >= 11 is 0. The minimum absolute atomic E-state index is 0.0437.